The molecule has 160 valence electrons. The highest BCUT2D eigenvalue weighted by atomic mass is 28.4. The second kappa shape index (κ2) is 10.5. The van der Waals surface area contributed by atoms with Crippen molar-refractivity contribution in [3.8, 4) is 11.5 Å². The first-order chi connectivity index (χ1) is 13.0. The Kier molecular flexibility index (Phi) is 9.25. The number of ether oxygens (including phenoxy) is 2. The monoisotopic (exact) mass is 408 g/mol. The van der Waals surface area contributed by atoms with Crippen molar-refractivity contribution in [2.45, 2.75) is 71.2 Å². The van der Waals surface area contributed by atoms with Crippen molar-refractivity contribution in [1.82, 2.24) is 0 Å². The predicted octanol–water partition coefficient (Wildman–Crippen LogP) is 6.12. The van der Waals surface area contributed by atoms with E-state index in [9.17, 15) is 5.11 Å². The zero-order valence-corrected chi connectivity index (χ0v) is 20.2. The third kappa shape index (κ3) is 5.40. The molecule has 5 heteroatoms. The minimum absolute atomic E-state index is 0.144. The molecule has 1 aromatic rings. The molecule has 0 saturated heterocycles. The van der Waals surface area contributed by atoms with Gasteiger partial charge in [-0.15, -0.1) is 0 Å². The lowest BCUT2D eigenvalue weighted by molar-refractivity contribution is 0.127. The molecule has 0 radical (unpaired) electrons. The van der Waals surface area contributed by atoms with E-state index in [4.69, 9.17) is 13.9 Å². The van der Waals surface area contributed by atoms with E-state index in [0.717, 1.165) is 11.1 Å². The molecule has 0 aliphatic carbocycles. The van der Waals surface area contributed by atoms with Gasteiger partial charge in [0, 0.05) is 12.0 Å². The van der Waals surface area contributed by atoms with Crippen molar-refractivity contribution in [3.63, 3.8) is 0 Å². The predicted molar refractivity (Wildman–Crippen MR) is 120 cm³/mol. The maximum absolute atomic E-state index is 10.9. The van der Waals surface area contributed by atoms with Crippen LogP contribution >= 0.6 is 0 Å². The van der Waals surface area contributed by atoms with Gasteiger partial charge in [0.1, 0.15) is 11.5 Å². The number of aliphatic hydroxyl groups excluding tert-OH is 1. The Morgan fingerprint density at radius 1 is 0.893 bits per heavy atom. The zero-order valence-electron chi connectivity index (χ0n) is 19.2. The molecule has 0 aliphatic rings. The van der Waals surface area contributed by atoms with Gasteiger partial charge in [0.2, 0.25) is 8.32 Å². The first-order valence-electron chi connectivity index (χ1n) is 10.2. The van der Waals surface area contributed by atoms with Crippen LogP contribution in [-0.2, 0) is 4.43 Å². The number of methoxy groups -OCH3 is 2. The van der Waals surface area contributed by atoms with E-state index in [1.54, 1.807) is 20.3 Å². The van der Waals surface area contributed by atoms with Crippen molar-refractivity contribution >= 4 is 8.32 Å². The van der Waals surface area contributed by atoms with Gasteiger partial charge in [0.05, 0.1) is 26.9 Å². The fourth-order valence-corrected chi connectivity index (χ4v) is 9.80. The van der Waals surface area contributed by atoms with E-state index >= 15 is 0 Å². The Bertz CT molecular complexity index is 595. The molecule has 0 aromatic heterocycles. The SMILES string of the molecule is C=C(CO[Si](C(C)C)(C(C)C)C(C)C)[C@H](C)[C@@H](O)c1cc(OC)cc(OC)c1. The summed E-state index contributed by atoms with van der Waals surface area (Å²) in [5.41, 5.74) is 3.22. The maximum Gasteiger partial charge on any atom is 0.200 e. The molecule has 1 aromatic carbocycles. The summed E-state index contributed by atoms with van der Waals surface area (Å²) in [6, 6.07) is 5.48. The molecular weight excluding hydrogens is 368 g/mol. The topological polar surface area (TPSA) is 47.9 Å². The summed E-state index contributed by atoms with van der Waals surface area (Å²) < 4.78 is 17.3. The van der Waals surface area contributed by atoms with Gasteiger partial charge in [-0.1, -0.05) is 55.0 Å². The molecule has 0 saturated carbocycles. The molecule has 1 rings (SSSR count). The van der Waals surface area contributed by atoms with Crippen LogP contribution in [0.2, 0.25) is 16.6 Å². The number of aliphatic hydroxyl groups is 1. The van der Waals surface area contributed by atoms with E-state index in [-0.39, 0.29) is 5.92 Å². The fourth-order valence-electron chi connectivity index (χ4n) is 4.36. The fraction of sp³-hybridized carbons (Fsp3) is 0.652. The maximum atomic E-state index is 10.9. The van der Waals surface area contributed by atoms with Crippen LogP contribution in [0.25, 0.3) is 0 Å². The molecule has 2 atom stereocenters. The van der Waals surface area contributed by atoms with E-state index < -0.39 is 14.4 Å². The molecule has 0 heterocycles. The molecule has 1 N–H and O–H groups in total. The van der Waals surface area contributed by atoms with Crippen LogP contribution in [0.4, 0.5) is 0 Å². The first-order valence-corrected chi connectivity index (χ1v) is 12.4. The largest absolute Gasteiger partial charge is 0.497 e. The van der Waals surface area contributed by atoms with Crippen LogP contribution in [0, 0.1) is 5.92 Å². The van der Waals surface area contributed by atoms with Gasteiger partial charge in [0.25, 0.3) is 0 Å². The summed E-state index contributed by atoms with van der Waals surface area (Å²) in [6.07, 6.45) is -0.701. The Hall–Kier alpha value is -1.30. The Morgan fingerprint density at radius 3 is 1.68 bits per heavy atom. The first kappa shape index (κ1) is 24.7. The standard InChI is InChI=1S/C23H40O4Si/c1-15(2)28(16(3)4,17(5)6)27-14-18(7)19(8)23(24)20-11-21(25-9)13-22(12-20)26-10/h11-13,15-17,19,23-24H,7,14H2,1-6,8-10H3/t19-,23+/m0/s1. The van der Waals surface area contributed by atoms with Gasteiger partial charge in [-0.05, 0) is 39.9 Å². The third-order valence-corrected chi connectivity index (χ3v) is 12.1. The Morgan fingerprint density at radius 2 is 1.32 bits per heavy atom. The highest BCUT2D eigenvalue weighted by molar-refractivity contribution is 6.77. The van der Waals surface area contributed by atoms with Crippen molar-refractivity contribution < 1.29 is 19.0 Å². The van der Waals surface area contributed by atoms with Crippen LogP contribution in [0.3, 0.4) is 0 Å². The smallest absolute Gasteiger partial charge is 0.200 e. The average Bonchev–Trinajstić information content (AvgIpc) is 2.65. The molecule has 0 unspecified atom stereocenters. The van der Waals surface area contributed by atoms with Gasteiger partial charge in [-0.2, -0.15) is 0 Å². The molecule has 0 spiro atoms. The lowest BCUT2D eigenvalue weighted by Crippen LogP contribution is -2.48. The second-order valence-corrected chi connectivity index (χ2v) is 14.1. The summed E-state index contributed by atoms with van der Waals surface area (Å²) in [6.45, 7) is 20.4. The summed E-state index contributed by atoms with van der Waals surface area (Å²) in [7, 11) is 1.25. The Balaban J connectivity index is 2.98. The Labute approximate surface area is 173 Å². The summed E-state index contributed by atoms with van der Waals surface area (Å²) in [4.78, 5) is 0. The third-order valence-electron chi connectivity index (χ3n) is 6.05. The lowest BCUT2D eigenvalue weighted by atomic mass is 9.91. The number of hydrogen-bond donors (Lipinski definition) is 1. The van der Waals surface area contributed by atoms with Crippen molar-refractivity contribution in [2.75, 3.05) is 20.8 Å². The average molecular weight is 409 g/mol. The molecule has 0 amide bonds. The molecule has 0 aliphatic heterocycles. The minimum atomic E-state index is -1.96. The number of hydrogen-bond acceptors (Lipinski definition) is 4. The van der Waals surface area contributed by atoms with E-state index in [0.29, 0.717) is 34.7 Å². The van der Waals surface area contributed by atoms with E-state index in [2.05, 4.69) is 48.1 Å². The van der Waals surface area contributed by atoms with Crippen molar-refractivity contribution in [3.05, 3.63) is 35.9 Å². The van der Waals surface area contributed by atoms with Crippen molar-refractivity contribution in [1.29, 1.82) is 0 Å². The molecular formula is C23H40O4Si. The van der Waals surface area contributed by atoms with E-state index in [1.807, 2.05) is 19.1 Å². The van der Waals surface area contributed by atoms with Gasteiger partial charge in [0.15, 0.2) is 0 Å². The molecule has 0 fully saturated rings. The van der Waals surface area contributed by atoms with Gasteiger partial charge in [-0.3, -0.25) is 0 Å². The molecule has 4 nitrogen and oxygen atoms in total. The highest BCUT2D eigenvalue weighted by Gasteiger charge is 2.45. The highest BCUT2D eigenvalue weighted by Crippen LogP contribution is 2.43. The lowest BCUT2D eigenvalue weighted by Gasteiger charge is -2.42. The van der Waals surface area contributed by atoms with Crippen molar-refractivity contribution in [2.24, 2.45) is 5.92 Å². The summed E-state index contributed by atoms with van der Waals surface area (Å²) >= 11 is 0. The van der Waals surface area contributed by atoms with Gasteiger partial charge >= 0.3 is 0 Å². The summed E-state index contributed by atoms with van der Waals surface area (Å²) in [5, 5.41) is 10.9. The van der Waals surface area contributed by atoms with Gasteiger partial charge in [-0.25, -0.2) is 0 Å². The van der Waals surface area contributed by atoms with Crippen LogP contribution in [0.15, 0.2) is 30.4 Å². The molecule has 28 heavy (non-hydrogen) atoms. The molecule has 0 bridgehead atoms. The van der Waals surface area contributed by atoms with Crippen LogP contribution in [-0.4, -0.2) is 34.3 Å². The van der Waals surface area contributed by atoms with Crippen LogP contribution < -0.4 is 9.47 Å². The van der Waals surface area contributed by atoms with E-state index in [1.165, 1.54) is 0 Å². The number of benzene rings is 1. The normalized spacial score (nSPS) is 14.5. The van der Waals surface area contributed by atoms with Crippen LogP contribution in [0.1, 0.15) is 60.1 Å². The van der Waals surface area contributed by atoms with Gasteiger partial charge < -0.3 is 19.0 Å². The van der Waals surface area contributed by atoms with Crippen LogP contribution in [0.5, 0.6) is 11.5 Å². The minimum Gasteiger partial charge on any atom is -0.497 e. The quantitative estimate of drug-likeness (QED) is 0.354. The summed E-state index contributed by atoms with van der Waals surface area (Å²) in [5.74, 6) is 1.18. The number of rotatable bonds is 11. The second-order valence-electron chi connectivity index (χ2n) is 8.64. The zero-order chi connectivity index (χ0) is 21.6.